The molecule has 0 spiro atoms. The fraction of sp³-hybridized carbons (Fsp3) is 0.333. The van der Waals surface area contributed by atoms with Crippen molar-refractivity contribution < 1.29 is 28.5 Å². The van der Waals surface area contributed by atoms with Crippen molar-refractivity contribution in [2.24, 2.45) is 0 Å². The molecule has 6 heteroatoms. The van der Waals surface area contributed by atoms with Gasteiger partial charge in [0.1, 0.15) is 12.4 Å². The van der Waals surface area contributed by atoms with Gasteiger partial charge in [0.15, 0.2) is 12.7 Å². The van der Waals surface area contributed by atoms with Crippen molar-refractivity contribution in [2.75, 3.05) is 6.61 Å². The van der Waals surface area contributed by atoms with Crippen LogP contribution < -0.4 is 4.74 Å². The van der Waals surface area contributed by atoms with Crippen LogP contribution in [0.3, 0.4) is 0 Å². The van der Waals surface area contributed by atoms with Crippen LogP contribution >= 0.6 is 0 Å². The molecule has 0 aromatic heterocycles. The van der Waals surface area contributed by atoms with Gasteiger partial charge in [-0.2, -0.15) is 0 Å². The normalized spacial score (nSPS) is 18.0. The minimum Gasteiger partial charge on any atom is -0.482 e. The standard InChI is InChI=1S/C21H22O6/c1-21(2)26-18(20(23)27-21)12-15-8-10-17(11-9-15)24-14-19(22)25-13-16-6-4-3-5-7-16/h3-11,18H,12-14H2,1-2H3. The molecule has 1 unspecified atom stereocenters. The summed E-state index contributed by atoms with van der Waals surface area (Å²) in [5.74, 6) is -1.13. The molecule has 142 valence electrons. The minimum absolute atomic E-state index is 0.168. The molecule has 1 saturated heterocycles. The van der Waals surface area contributed by atoms with Crippen LogP contribution in [0.1, 0.15) is 25.0 Å². The summed E-state index contributed by atoms with van der Waals surface area (Å²) in [6, 6.07) is 16.6. The first-order valence-electron chi connectivity index (χ1n) is 8.73. The quantitative estimate of drug-likeness (QED) is 0.698. The summed E-state index contributed by atoms with van der Waals surface area (Å²) in [5, 5.41) is 0. The zero-order valence-corrected chi connectivity index (χ0v) is 15.3. The predicted molar refractivity (Wildman–Crippen MR) is 96.9 cm³/mol. The van der Waals surface area contributed by atoms with Gasteiger partial charge in [-0.1, -0.05) is 42.5 Å². The van der Waals surface area contributed by atoms with Gasteiger partial charge in [0.05, 0.1) is 0 Å². The van der Waals surface area contributed by atoms with E-state index >= 15 is 0 Å². The Morgan fingerprint density at radius 3 is 2.37 bits per heavy atom. The highest BCUT2D eigenvalue weighted by Crippen LogP contribution is 2.26. The fourth-order valence-electron chi connectivity index (χ4n) is 2.71. The van der Waals surface area contributed by atoms with Gasteiger partial charge in [0.2, 0.25) is 5.79 Å². The first-order chi connectivity index (χ1) is 12.9. The van der Waals surface area contributed by atoms with Crippen LogP contribution in [0.5, 0.6) is 5.75 Å². The Labute approximate surface area is 158 Å². The molecule has 1 fully saturated rings. The van der Waals surface area contributed by atoms with Gasteiger partial charge >= 0.3 is 11.9 Å². The number of benzene rings is 2. The summed E-state index contributed by atoms with van der Waals surface area (Å²) in [6.45, 7) is 3.46. The molecular formula is C21H22O6. The molecule has 0 N–H and O–H groups in total. The first-order valence-corrected chi connectivity index (χ1v) is 8.73. The third-order valence-electron chi connectivity index (χ3n) is 3.98. The average Bonchev–Trinajstić information content (AvgIpc) is 2.91. The van der Waals surface area contributed by atoms with Crippen molar-refractivity contribution in [1.29, 1.82) is 0 Å². The number of ether oxygens (including phenoxy) is 4. The third kappa shape index (κ3) is 5.56. The topological polar surface area (TPSA) is 71.1 Å². The van der Waals surface area contributed by atoms with Crippen molar-refractivity contribution in [3.63, 3.8) is 0 Å². The summed E-state index contributed by atoms with van der Waals surface area (Å²) in [4.78, 5) is 23.5. The van der Waals surface area contributed by atoms with E-state index < -0.39 is 17.9 Å². The van der Waals surface area contributed by atoms with Crippen molar-refractivity contribution in [2.45, 2.75) is 38.8 Å². The largest absolute Gasteiger partial charge is 0.482 e. The van der Waals surface area contributed by atoms with E-state index in [0.29, 0.717) is 12.2 Å². The second kappa shape index (κ2) is 8.22. The van der Waals surface area contributed by atoms with Crippen molar-refractivity contribution >= 4 is 11.9 Å². The van der Waals surface area contributed by atoms with Crippen LogP contribution in [0.4, 0.5) is 0 Å². The number of hydrogen-bond donors (Lipinski definition) is 0. The van der Waals surface area contributed by atoms with Gasteiger partial charge in [0.25, 0.3) is 0 Å². The van der Waals surface area contributed by atoms with Crippen LogP contribution in [-0.4, -0.2) is 30.4 Å². The molecule has 1 heterocycles. The summed E-state index contributed by atoms with van der Waals surface area (Å²) in [5.41, 5.74) is 1.83. The lowest BCUT2D eigenvalue weighted by Gasteiger charge is -2.15. The molecule has 0 amide bonds. The van der Waals surface area contributed by atoms with E-state index in [1.165, 1.54) is 0 Å². The lowest BCUT2D eigenvalue weighted by Crippen LogP contribution is -2.22. The molecule has 1 aliphatic heterocycles. The Kier molecular flexibility index (Phi) is 5.76. The molecule has 6 nitrogen and oxygen atoms in total. The third-order valence-corrected chi connectivity index (χ3v) is 3.98. The fourth-order valence-corrected chi connectivity index (χ4v) is 2.71. The lowest BCUT2D eigenvalue weighted by molar-refractivity contribution is -0.160. The van der Waals surface area contributed by atoms with Crippen LogP contribution in [0.25, 0.3) is 0 Å². The molecule has 0 bridgehead atoms. The van der Waals surface area contributed by atoms with Gasteiger partial charge < -0.3 is 18.9 Å². The van der Waals surface area contributed by atoms with E-state index in [-0.39, 0.29) is 19.2 Å². The lowest BCUT2D eigenvalue weighted by atomic mass is 10.1. The Bertz CT molecular complexity index is 782. The zero-order valence-electron chi connectivity index (χ0n) is 15.3. The smallest absolute Gasteiger partial charge is 0.344 e. The maximum Gasteiger partial charge on any atom is 0.344 e. The van der Waals surface area contributed by atoms with E-state index in [9.17, 15) is 9.59 Å². The SMILES string of the molecule is CC1(C)OC(=O)C(Cc2ccc(OCC(=O)OCc3ccccc3)cc2)O1. The number of carbonyl (C=O) groups is 2. The molecule has 1 atom stereocenters. The molecule has 2 aromatic rings. The summed E-state index contributed by atoms with van der Waals surface area (Å²) in [6.07, 6.45) is -0.193. The van der Waals surface area contributed by atoms with Gasteiger partial charge in [-0.25, -0.2) is 9.59 Å². The highest BCUT2D eigenvalue weighted by atomic mass is 16.8. The summed E-state index contributed by atoms with van der Waals surface area (Å²) in [7, 11) is 0. The van der Waals surface area contributed by atoms with E-state index in [2.05, 4.69) is 0 Å². The van der Waals surface area contributed by atoms with Gasteiger partial charge in [0, 0.05) is 20.3 Å². The second-order valence-corrected chi connectivity index (χ2v) is 6.71. The molecule has 0 saturated carbocycles. The second-order valence-electron chi connectivity index (χ2n) is 6.71. The van der Waals surface area contributed by atoms with Gasteiger partial charge in [-0.05, 0) is 23.3 Å². The highest BCUT2D eigenvalue weighted by Gasteiger charge is 2.40. The zero-order chi connectivity index (χ0) is 19.3. The van der Waals surface area contributed by atoms with Crippen molar-refractivity contribution in [3.05, 3.63) is 65.7 Å². The Morgan fingerprint density at radius 2 is 1.74 bits per heavy atom. The summed E-state index contributed by atoms with van der Waals surface area (Å²) >= 11 is 0. The van der Waals surface area contributed by atoms with E-state index in [4.69, 9.17) is 18.9 Å². The number of rotatable bonds is 7. The van der Waals surface area contributed by atoms with E-state index in [0.717, 1.165) is 11.1 Å². The molecule has 3 rings (SSSR count). The maximum atomic E-state index is 11.8. The number of hydrogen-bond acceptors (Lipinski definition) is 6. The Balaban J connectivity index is 1.44. The average molecular weight is 370 g/mol. The van der Waals surface area contributed by atoms with Crippen LogP contribution in [0.15, 0.2) is 54.6 Å². The predicted octanol–water partition coefficient (Wildman–Crippen LogP) is 3.03. The number of cyclic esters (lactones) is 1. The first kappa shape index (κ1) is 18.9. The summed E-state index contributed by atoms with van der Waals surface area (Å²) < 4.78 is 21.3. The van der Waals surface area contributed by atoms with Crippen LogP contribution in [0.2, 0.25) is 0 Å². The highest BCUT2D eigenvalue weighted by molar-refractivity contribution is 5.77. The van der Waals surface area contributed by atoms with Crippen molar-refractivity contribution in [3.8, 4) is 5.75 Å². The van der Waals surface area contributed by atoms with E-state index in [1.807, 2.05) is 42.5 Å². The number of carbonyl (C=O) groups excluding carboxylic acids is 2. The number of esters is 2. The molecule has 1 aliphatic rings. The molecule has 0 aliphatic carbocycles. The Hall–Kier alpha value is -2.86. The molecular weight excluding hydrogens is 348 g/mol. The van der Waals surface area contributed by atoms with Gasteiger partial charge in [-0.3, -0.25) is 0 Å². The van der Waals surface area contributed by atoms with Crippen molar-refractivity contribution in [1.82, 2.24) is 0 Å². The molecule has 2 aromatic carbocycles. The minimum atomic E-state index is -0.884. The van der Waals surface area contributed by atoms with Gasteiger partial charge in [-0.15, -0.1) is 0 Å². The molecule has 27 heavy (non-hydrogen) atoms. The van der Waals surface area contributed by atoms with Crippen LogP contribution in [-0.2, 0) is 36.8 Å². The Morgan fingerprint density at radius 1 is 1.04 bits per heavy atom. The van der Waals surface area contributed by atoms with Crippen LogP contribution in [0, 0.1) is 0 Å². The van der Waals surface area contributed by atoms with E-state index in [1.54, 1.807) is 26.0 Å². The maximum absolute atomic E-state index is 11.8. The monoisotopic (exact) mass is 370 g/mol. The molecule has 0 radical (unpaired) electrons.